The molecule has 7 nitrogen and oxygen atoms in total. The molecule has 2 rings (SSSR count). The molecule has 0 aliphatic carbocycles. The van der Waals surface area contributed by atoms with Crippen LogP contribution >= 0.6 is 0 Å². The highest BCUT2D eigenvalue weighted by molar-refractivity contribution is 6.03. The van der Waals surface area contributed by atoms with Crippen molar-refractivity contribution < 1.29 is 9.53 Å². The highest BCUT2D eigenvalue weighted by Crippen LogP contribution is 2.12. The fourth-order valence-electron chi connectivity index (χ4n) is 1.40. The third kappa shape index (κ3) is 3.15. The van der Waals surface area contributed by atoms with Crippen molar-refractivity contribution in [3.8, 4) is 5.75 Å². The highest BCUT2D eigenvalue weighted by atomic mass is 16.5. The molecule has 0 saturated heterocycles. The van der Waals surface area contributed by atoms with Crippen LogP contribution in [0.3, 0.4) is 0 Å². The molecule has 0 radical (unpaired) electrons. The van der Waals surface area contributed by atoms with E-state index in [2.05, 4.69) is 27.3 Å². The van der Waals surface area contributed by atoms with Crippen LogP contribution in [-0.2, 0) is 0 Å². The fraction of sp³-hybridized carbons (Fsp3) is 0.167. The molecule has 1 aromatic carbocycles. The molecule has 19 heavy (non-hydrogen) atoms. The van der Waals surface area contributed by atoms with Crippen LogP contribution in [0.1, 0.15) is 17.3 Å². The number of tetrazole rings is 1. The van der Waals surface area contributed by atoms with E-state index in [1.165, 1.54) is 6.20 Å². The number of anilines is 1. The van der Waals surface area contributed by atoms with E-state index in [0.717, 1.165) is 10.5 Å². The Hall–Kier alpha value is -2.70. The van der Waals surface area contributed by atoms with Gasteiger partial charge in [-0.3, -0.25) is 10.1 Å². The van der Waals surface area contributed by atoms with E-state index in [1.807, 2.05) is 6.92 Å². The lowest BCUT2D eigenvalue weighted by Crippen LogP contribution is -2.13. The van der Waals surface area contributed by atoms with Crippen LogP contribution in [0.25, 0.3) is 6.20 Å². The lowest BCUT2D eigenvalue weighted by atomic mass is 10.2. The fourth-order valence-corrected chi connectivity index (χ4v) is 1.40. The minimum atomic E-state index is -0.313. The molecule has 0 atom stereocenters. The first-order valence-electron chi connectivity index (χ1n) is 5.69. The maximum Gasteiger partial charge on any atom is 0.270 e. The molecule has 1 aromatic heterocycles. The second kappa shape index (κ2) is 5.76. The third-order valence-corrected chi connectivity index (χ3v) is 2.24. The van der Waals surface area contributed by atoms with Gasteiger partial charge in [0.15, 0.2) is 0 Å². The van der Waals surface area contributed by atoms with E-state index in [-0.39, 0.29) is 11.9 Å². The molecule has 0 fully saturated rings. The quantitative estimate of drug-likeness (QED) is 0.878. The van der Waals surface area contributed by atoms with Crippen molar-refractivity contribution in [1.29, 1.82) is 0 Å². The summed E-state index contributed by atoms with van der Waals surface area (Å²) >= 11 is 0. The number of nitrogens with one attached hydrogen (secondary N) is 1. The maximum atomic E-state index is 11.9. The smallest absolute Gasteiger partial charge is 0.270 e. The van der Waals surface area contributed by atoms with Crippen LogP contribution in [-0.4, -0.2) is 32.7 Å². The van der Waals surface area contributed by atoms with Crippen LogP contribution in [0.5, 0.6) is 5.75 Å². The van der Waals surface area contributed by atoms with Gasteiger partial charge in [0.05, 0.1) is 6.61 Å². The zero-order valence-electron chi connectivity index (χ0n) is 10.4. The number of ether oxygens (including phenoxy) is 1. The summed E-state index contributed by atoms with van der Waals surface area (Å²) in [5.74, 6) is 0.528. The summed E-state index contributed by atoms with van der Waals surface area (Å²) in [4.78, 5) is 13.0. The van der Waals surface area contributed by atoms with Gasteiger partial charge in [0.1, 0.15) is 5.75 Å². The van der Waals surface area contributed by atoms with Crippen molar-refractivity contribution in [2.24, 2.45) is 0 Å². The van der Waals surface area contributed by atoms with E-state index in [1.54, 1.807) is 24.3 Å². The zero-order valence-corrected chi connectivity index (χ0v) is 10.4. The molecule has 0 unspecified atom stereocenters. The predicted octanol–water partition coefficient (Wildman–Crippen LogP) is 1.42. The summed E-state index contributed by atoms with van der Waals surface area (Å²) in [6.07, 6.45) is 1.37. The Morgan fingerprint density at radius 3 is 2.79 bits per heavy atom. The first-order chi connectivity index (χ1) is 9.22. The van der Waals surface area contributed by atoms with Crippen molar-refractivity contribution >= 4 is 18.1 Å². The monoisotopic (exact) mass is 259 g/mol. The van der Waals surface area contributed by atoms with Gasteiger partial charge in [0.2, 0.25) is 0 Å². The van der Waals surface area contributed by atoms with Crippen LogP contribution in [0.15, 0.2) is 30.8 Å². The van der Waals surface area contributed by atoms with Gasteiger partial charge < -0.3 is 4.74 Å². The number of amides is 1. The average molecular weight is 259 g/mol. The Labute approximate surface area is 109 Å². The van der Waals surface area contributed by atoms with Gasteiger partial charge >= 0.3 is 0 Å². The van der Waals surface area contributed by atoms with Gasteiger partial charge in [-0.05, 0) is 36.4 Å². The molecule has 98 valence electrons. The SMILES string of the molecule is C=Cn1nnc(NC(=O)c2ccc(OCC)cc2)n1. The van der Waals surface area contributed by atoms with Crippen molar-refractivity contribution in [3.63, 3.8) is 0 Å². The van der Waals surface area contributed by atoms with E-state index in [0.29, 0.717) is 12.2 Å². The summed E-state index contributed by atoms with van der Waals surface area (Å²) in [5.41, 5.74) is 0.485. The number of hydrogen-bond donors (Lipinski definition) is 1. The lowest BCUT2D eigenvalue weighted by Gasteiger charge is -2.04. The highest BCUT2D eigenvalue weighted by Gasteiger charge is 2.09. The van der Waals surface area contributed by atoms with Crippen molar-refractivity contribution in [1.82, 2.24) is 20.2 Å². The molecule has 1 amide bonds. The summed E-state index contributed by atoms with van der Waals surface area (Å²) in [7, 11) is 0. The molecule has 0 aliphatic heterocycles. The summed E-state index contributed by atoms with van der Waals surface area (Å²) in [5, 5.41) is 13.7. The largest absolute Gasteiger partial charge is 0.494 e. The van der Waals surface area contributed by atoms with Crippen LogP contribution < -0.4 is 10.1 Å². The lowest BCUT2D eigenvalue weighted by molar-refractivity contribution is 0.102. The Balaban J connectivity index is 2.04. The number of benzene rings is 1. The minimum absolute atomic E-state index is 0.124. The third-order valence-electron chi connectivity index (χ3n) is 2.24. The van der Waals surface area contributed by atoms with E-state index < -0.39 is 0 Å². The number of hydrogen-bond acceptors (Lipinski definition) is 5. The number of carbonyl (C=O) groups excluding carboxylic acids is 1. The molecular weight excluding hydrogens is 246 g/mol. The Morgan fingerprint density at radius 2 is 2.21 bits per heavy atom. The second-order valence-corrected chi connectivity index (χ2v) is 3.53. The van der Waals surface area contributed by atoms with Gasteiger partial charge in [-0.25, -0.2) is 0 Å². The first-order valence-corrected chi connectivity index (χ1v) is 5.69. The molecule has 0 aliphatic rings. The van der Waals surface area contributed by atoms with Crippen LogP contribution in [0.4, 0.5) is 5.95 Å². The Bertz CT molecular complexity index is 576. The summed E-state index contributed by atoms with van der Waals surface area (Å²) in [6, 6.07) is 6.79. The molecule has 0 spiro atoms. The van der Waals surface area contributed by atoms with Gasteiger partial charge in [-0.15, -0.1) is 9.90 Å². The number of rotatable bonds is 5. The van der Waals surface area contributed by atoms with Gasteiger partial charge in [-0.1, -0.05) is 11.7 Å². The molecule has 2 aromatic rings. The minimum Gasteiger partial charge on any atom is -0.494 e. The van der Waals surface area contributed by atoms with Crippen LogP contribution in [0.2, 0.25) is 0 Å². The van der Waals surface area contributed by atoms with Gasteiger partial charge in [0, 0.05) is 11.8 Å². The van der Waals surface area contributed by atoms with Gasteiger partial charge in [0.25, 0.3) is 11.9 Å². The zero-order chi connectivity index (χ0) is 13.7. The maximum absolute atomic E-state index is 11.9. The average Bonchev–Trinajstić information content (AvgIpc) is 2.87. The van der Waals surface area contributed by atoms with E-state index >= 15 is 0 Å². The van der Waals surface area contributed by atoms with E-state index in [9.17, 15) is 4.79 Å². The van der Waals surface area contributed by atoms with Crippen molar-refractivity contribution in [3.05, 3.63) is 36.4 Å². The summed E-state index contributed by atoms with van der Waals surface area (Å²) < 4.78 is 5.30. The second-order valence-electron chi connectivity index (χ2n) is 3.53. The molecule has 0 bridgehead atoms. The van der Waals surface area contributed by atoms with Crippen LogP contribution in [0, 0.1) is 0 Å². The number of aromatic nitrogens is 4. The summed E-state index contributed by atoms with van der Waals surface area (Å²) in [6.45, 7) is 5.96. The predicted molar refractivity (Wildman–Crippen MR) is 69.8 cm³/mol. The molecule has 1 N–H and O–H groups in total. The number of nitrogens with zero attached hydrogens (tertiary/aromatic N) is 4. The Kier molecular flexibility index (Phi) is 3.87. The topological polar surface area (TPSA) is 81.9 Å². The molecule has 7 heteroatoms. The van der Waals surface area contributed by atoms with E-state index in [4.69, 9.17) is 4.74 Å². The molecule has 1 heterocycles. The molecule has 0 saturated carbocycles. The normalized spacial score (nSPS) is 9.95. The standard InChI is InChI=1S/C12H13N5O2/c1-3-17-15-12(14-16-17)13-11(18)9-5-7-10(8-6-9)19-4-2/h3,5-8H,1,4H2,2H3,(H,13,15,18). The van der Waals surface area contributed by atoms with Crippen molar-refractivity contribution in [2.45, 2.75) is 6.92 Å². The van der Waals surface area contributed by atoms with Gasteiger partial charge in [-0.2, -0.15) is 0 Å². The number of carbonyl (C=O) groups is 1. The molecular formula is C12H13N5O2. The first kappa shape index (κ1) is 12.7. The van der Waals surface area contributed by atoms with Crippen molar-refractivity contribution in [2.75, 3.05) is 11.9 Å². The Morgan fingerprint density at radius 1 is 1.47 bits per heavy atom.